The zero-order valence-electron chi connectivity index (χ0n) is 16.4. The number of rotatable bonds is 4. The van der Waals surface area contributed by atoms with Gasteiger partial charge in [0.25, 0.3) is 0 Å². The van der Waals surface area contributed by atoms with Gasteiger partial charge < -0.3 is 19.8 Å². The SMILES string of the molecule is Cn1c(N2CCC(C(=O)NCc3nc4ccccc4[nH]3)CC2)nc2ccccc21. The Balaban J connectivity index is 1.19. The predicted molar refractivity (Wildman–Crippen MR) is 114 cm³/mol. The predicted octanol–water partition coefficient (Wildman–Crippen LogP) is 2.98. The van der Waals surface area contributed by atoms with E-state index >= 15 is 0 Å². The molecule has 1 fully saturated rings. The maximum absolute atomic E-state index is 12.6. The number of aromatic nitrogens is 4. The molecule has 0 aliphatic carbocycles. The second-order valence-electron chi connectivity index (χ2n) is 7.64. The highest BCUT2D eigenvalue weighted by atomic mass is 16.1. The van der Waals surface area contributed by atoms with Crippen molar-refractivity contribution in [1.29, 1.82) is 0 Å². The van der Waals surface area contributed by atoms with Gasteiger partial charge in [-0.05, 0) is 37.1 Å². The largest absolute Gasteiger partial charge is 0.349 e. The van der Waals surface area contributed by atoms with E-state index in [-0.39, 0.29) is 11.8 Å². The molecular formula is C22H24N6O. The van der Waals surface area contributed by atoms with Gasteiger partial charge in [0.1, 0.15) is 5.82 Å². The molecule has 1 amide bonds. The molecule has 0 bridgehead atoms. The van der Waals surface area contributed by atoms with Crippen LogP contribution in [0.3, 0.4) is 0 Å². The number of hydrogen-bond acceptors (Lipinski definition) is 4. The number of aryl methyl sites for hydroxylation is 1. The Bertz CT molecular complexity index is 1140. The molecule has 1 saturated heterocycles. The number of carbonyl (C=O) groups excluding carboxylic acids is 1. The summed E-state index contributed by atoms with van der Waals surface area (Å²) in [6, 6.07) is 16.1. The van der Waals surface area contributed by atoms with Crippen molar-refractivity contribution in [3.8, 4) is 0 Å². The quantitative estimate of drug-likeness (QED) is 0.563. The molecule has 2 aromatic carbocycles. The molecule has 2 aromatic heterocycles. The number of piperidine rings is 1. The standard InChI is InChI=1S/C22H24N6O/c1-27-19-9-5-4-8-18(19)26-22(27)28-12-10-15(11-13-28)21(29)23-14-20-24-16-6-2-3-7-17(16)25-20/h2-9,15H,10-14H2,1H3,(H,23,29)(H,24,25). The van der Waals surface area contributed by atoms with Gasteiger partial charge in [0.15, 0.2) is 0 Å². The third-order valence-corrected chi connectivity index (χ3v) is 5.78. The van der Waals surface area contributed by atoms with Crippen molar-refractivity contribution in [2.45, 2.75) is 19.4 Å². The van der Waals surface area contributed by atoms with Gasteiger partial charge in [-0.25, -0.2) is 9.97 Å². The first-order valence-corrected chi connectivity index (χ1v) is 10.1. The monoisotopic (exact) mass is 388 g/mol. The Morgan fingerprint density at radius 1 is 1.07 bits per heavy atom. The number of anilines is 1. The summed E-state index contributed by atoms with van der Waals surface area (Å²) in [6.45, 7) is 2.10. The molecule has 0 saturated carbocycles. The first-order valence-electron chi connectivity index (χ1n) is 10.1. The molecule has 4 aromatic rings. The Hall–Kier alpha value is -3.35. The number of fused-ring (bicyclic) bond motifs is 2. The number of imidazole rings is 2. The summed E-state index contributed by atoms with van der Waals surface area (Å²) >= 11 is 0. The molecular weight excluding hydrogens is 364 g/mol. The van der Waals surface area contributed by atoms with E-state index in [9.17, 15) is 4.79 Å². The van der Waals surface area contributed by atoms with Gasteiger partial charge >= 0.3 is 0 Å². The van der Waals surface area contributed by atoms with Gasteiger partial charge in [0.2, 0.25) is 11.9 Å². The van der Waals surface area contributed by atoms with Crippen molar-refractivity contribution in [2.24, 2.45) is 13.0 Å². The molecule has 1 aliphatic heterocycles. The molecule has 7 heteroatoms. The number of benzene rings is 2. The molecule has 5 rings (SSSR count). The molecule has 0 radical (unpaired) electrons. The average Bonchev–Trinajstić information content (AvgIpc) is 3.33. The van der Waals surface area contributed by atoms with E-state index in [1.54, 1.807) is 0 Å². The van der Waals surface area contributed by atoms with Gasteiger partial charge in [-0.2, -0.15) is 0 Å². The van der Waals surface area contributed by atoms with E-state index in [1.165, 1.54) is 0 Å². The van der Waals surface area contributed by atoms with E-state index in [0.717, 1.165) is 59.8 Å². The molecule has 2 N–H and O–H groups in total. The maximum Gasteiger partial charge on any atom is 0.223 e. The molecule has 29 heavy (non-hydrogen) atoms. The van der Waals surface area contributed by atoms with Crippen molar-refractivity contribution in [1.82, 2.24) is 24.8 Å². The fraction of sp³-hybridized carbons (Fsp3) is 0.318. The number of nitrogens with one attached hydrogen (secondary N) is 2. The van der Waals surface area contributed by atoms with Crippen molar-refractivity contribution in [2.75, 3.05) is 18.0 Å². The molecule has 0 atom stereocenters. The van der Waals surface area contributed by atoms with E-state index in [1.807, 2.05) is 42.5 Å². The normalized spacial score (nSPS) is 15.3. The Labute approximate surface area is 168 Å². The van der Waals surface area contributed by atoms with Crippen molar-refractivity contribution >= 4 is 33.9 Å². The second kappa shape index (κ2) is 7.24. The van der Waals surface area contributed by atoms with E-state index in [0.29, 0.717) is 6.54 Å². The Morgan fingerprint density at radius 2 is 1.79 bits per heavy atom. The topological polar surface area (TPSA) is 78.8 Å². The lowest BCUT2D eigenvalue weighted by molar-refractivity contribution is -0.125. The smallest absolute Gasteiger partial charge is 0.223 e. The second-order valence-corrected chi connectivity index (χ2v) is 7.64. The number of para-hydroxylation sites is 4. The van der Waals surface area contributed by atoms with Crippen LogP contribution in [0.15, 0.2) is 48.5 Å². The van der Waals surface area contributed by atoms with Gasteiger partial charge in [-0.3, -0.25) is 4.79 Å². The molecule has 7 nitrogen and oxygen atoms in total. The molecule has 148 valence electrons. The summed E-state index contributed by atoms with van der Waals surface area (Å²) in [7, 11) is 2.05. The van der Waals surface area contributed by atoms with Crippen molar-refractivity contribution in [3.63, 3.8) is 0 Å². The summed E-state index contributed by atoms with van der Waals surface area (Å²) < 4.78 is 2.14. The van der Waals surface area contributed by atoms with Gasteiger partial charge in [0, 0.05) is 26.1 Å². The van der Waals surface area contributed by atoms with Crippen LogP contribution < -0.4 is 10.2 Å². The average molecular weight is 388 g/mol. The summed E-state index contributed by atoms with van der Waals surface area (Å²) in [5.41, 5.74) is 4.06. The fourth-order valence-electron chi connectivity index (χ4n) is 4.16. The number of H-pyrrole nitrogens is 1. The van der Waals surface area contributed by atoms with Crippen LogP contribution >= 0.6 is 0 Å². The molecule has 0 unspecified atom stereocenters. The number of amides is 1. The van der Waals surface area contributed by atoms with Gasteiger partial charge in [-0.15, -0.1) is 0 Å². The zero-order chi connectivity index (χ0) is 19.8. The van der Waals surface area contributed by atoms with E-state index in [2.05, 4.69) is 37.9 Å². The minimum atomic E-state index is 0.0327. The highest BCUT2D eigenvalue weighted by Crippen LogP contribution is 2.26. The lowest BCUT2D eigenvalue weighted by Gasteiger charge is -2.32. The van der Waals surface area contributed by atoms with Crippen LogP contribution in [0.4, 0.5) is 5.95 Å². The van der Waals surface area contributed by atoms with Crippen LogP contribution in [0.5, 0.6) is 0 Å². The maximum atomic E-state index is 12.6. The first-order chi connectivity index (χ1) is 14.2. The fourth-order valence-corrected chi connectivity index (χ4v) is 4.16. The van der Waals surface area contributed by atoms with E-state index < -0.39 is 0 Å². The number of carbonyl (C=O) groups is 1. The third-order valence-electron chi connectivity index (χ3n) is 5.78. The summed E-state index contributed by atoms with van der Waals surface area (Å²) in [6.07, 6.45) is 1.66. The number of hydrogen-bond donors (Lipinski definition) is 2. The van der Waals surface area contributed by atoms with Gasteiger partial charge in [0.05, 0.1) is 28.6 Å². The summed E-state index contributed by atoms with van der Waals surface area (Å²) in [4.78, 5) is 27.5. The van der Waals surface area contributed by atoms with Crippen LogP contribution in [0.1, 0.15) is 18.7 Å². The van der Waals surface area contributed by atoms with Crippen LogP contribution in [-0.2, 0) is 18.4 Å². The third kappa shape index (κ3) is 3.33. The van der Waals surface area contributed by atoms with Crippen molar-refractivity contribution < 1.29 is 4.79 Å². The highest BCUT2D eigenvalue weighted by molar-refractivity contribution is 5.80. The first kappa shape index (κ1) is 17.7. The lowest BCUT2D eigenvalue weighted by atomic mass is 9.96. The Morgan fingerprint density at radius 3 is 2.55 bits per heavy atom. The summed E-state index contributed by atoms with van der Waals surface area (Å²) in [5, 5.41) is 3.05. The zero-order valence-corrected chi connectivity index (χ0v) is 16.4. The molecule has 3 heterocycles. The highest BCUT2D eigenvalue weighted by Gasteiger charge is 2.27. The lowest BCUT2D eigenvalue weighted by Crippen LogP contribution is -2.41. The van der Waals surface area contributed by atoms with Crippen LogP contribution in [0.25, 0.3) is 22.1 Å². The minimum absolute atomic E-state index is 0.0327. The van der Waals surface area contributed by atoms with Crippen LogP contribution in [-0.4, -0.2) is 38.5 Å². The number of aromatic amines is 1. The molecule has 1 aliphatic rings. The van der Waals surface area contributed by atoms with Crippen molar-refractivity contribution in [3.05, 3.63) is 54.4 Å². The van der Waals surface area contributed by atoms with Crippen LogP contribution in [0.2, 0.25) is 0 Å². The van der Waals surface area contributed by atoms with Gasteiger partial charge in [-0.1, -0.05) is 24.3 Å². The minimum Gasteiger partial charge on any atom is -0.349 e. The molecule has 0 spiro atoms. The van der Waals surface area contributed by atoms with Crippen LogP contribution in [0, 0.1) is 5.92 Å². The number of nitrogens with zero attached hydrogens (tertiary/aromatic N) is 4. The Kier molecular flexibility index (Phi) is 4.42. The summed E-state index contributed by atoms with van der Waals surface area (Å²) in [5.74, 6) is 1.91. The van der Waals surface area contributed by atoms with E-state index in [4.69, 9.17) is 4.98 Å².